The number of hydrogen-bond acceptors (Lipinski definition) is 3. The Hall–Kier alpha value is -3.53. The maximum Gasteiger partial charge on any atom is 0.336 e. The first kappa shape index (κ1) is 20.2. The average molecular weight is 388 g/mol. The summed E-state index contributed by atoms with van der Waals surface area (Å²) in [5.74, 6) is 0.581. The number of carboxylic acid groups (broad SMARTS) is 1. The molecule has 0 saturated carbocycles. The fourth-order valence-electron chi connectivity index (χ4n) is 2.85. The highest BCUT2D eigenvalue weighted by atomic mass is 16.5. The lowest BCUT2D eigenvalue weighted by Gasteiger charge is -2.09. The van der Waals surface area contributed by atoms with Crippen LogP contribution in [0.1, 0.15) is 23.6 Å². The molecule has 3 aromatic rings. The third kappa shape index (κ3) is 5.98. The van der Waals surface area contributed by atoms with Gasteiger partial charge in [0.05, 0.1) is 5.57 Å². The molecule has 4 heteroatoms. The zero-order valence-corrected chi connectivity index (χ0v) is 16.4. The van der Waals surface area contributed by atoms with Gasteiger partial charge in [0.15, 0.2) is 0 Å². The maximum absolute atomic E-state index is 11.6. The van der Waals surface area contributed by atoms with Gasteiger partial charge in [-0.15, -0.1) is 0 Å². The van der Waals surface area contributed by atoms with E-state index >= 15 is 0 Å². The smallest absolute Gasteiger partial charge is 0.336 e. The zero-order valence-electron chi connectivity index (χ0n) is 16.4. The van der Waals surface area contributed by atoms with Crippen LogP contribution < -0.4 is 9.47 Å². The number of rotatable bonds is 9. The van der Waals surface area contributed by atoms with Gasteiger partial charge < -0.3 is 14.6 Å². The first-order valence-corrected chi connectivity index (χ1v) is 9.60. The van der Waals surface area contributed by atoms with Crippen molar-refractivity contribution in [1.29, 1.82) is 0 Å². The first-order valence-electron chi connectivity index (χ1n) is 9.60. The van der Waals surface area contributed by atoms with Gasteiger partial charge in [-0.3, -0.25) is 0 Å². The molecule has 0 aromatic heterocycles. The number of benzene rings is 3. The van der Waals surface area contributed by atoms with Crippen LogP contribution in [0, 0.1) is 0 Å². The summed E-state index contributed by atoms with van der Waals surface area (Å²) in [4.78, 5) is 11.6. The molecular formula is C25H24O4. The summed E-state index contributed by atoms with van der Waals surface area (Å²) >= 11 is 0. The Kier molecular flexibility index (Phi) is 7.06. The fraction of sp³-hybridized carbons (Fsp3) is 0.160. The van der Waals surface area contributed by atoms with Gasteiger partial charge in [-0.25, -0.2) is 4.79 Å². The van der Waals surface area contributed by atoms with Crippen molar-refractivity contribution in [2.75, 3.05) is 13.2 Å². The largest absolute Gasteiger partial charge is 0.490 e. The summed E-state index contributed by atoms with van der Waals surface area (Å²) in [6, 6.07) is 24.5. The van der Waals surface area contributed by atoms with Gasteiger partial charge in [-0.1, -0.05) is 61.5 Å². The molecule has 0 heterocycles. The zero-order chi connectivity index (χ0) is 20.5. The van der Waals surface area contributed by atoms with E-state index in [0.717, 1.165) is 17.7 Å². The average Bonchev–Trinajstić information content (AvgIpc) is 2.77. The maximum atomic E-state index is 11.6. The van der Waals surface area contributed by atoms with E-state index in [4.69, 9.17) is 9.47 Å². The first-order chi connectivity index (χ1) is 14.2. The van der Waals surface area contributed by atoms with E-state index in [9.17, 15) is 9.90 Å². The second-order valence-corrected chi connectivity index (χ2v) is 6.49. The number of carbonyl (C=O) groups is 1. The van der Waals surface area contributed by atoms with Crippen LogP contribution in [-0.2, 0) is 11.2 Å². The quantitative estimate of drug-likeness (QED) is 0.306. The molecule has 29 heavy (non-hydrogen) atoms. The normalized spacial score (nSPS) is 11.1. The predicted octanol–water partition coefficient (Wildman–Crippen LogP) is 5.33. The summed E-state index contributed by atoms with van der Waals surface area (Å²) < 4.78 is 11.4. The van der Waals surface area contributed by atoms with E-state index in [1.807, 2.05) is 54.6 Å². The van der Waals surface area contributed by atoms with Gasteiger partial charge in [-0.2, -0.15) is 0 Å². The monoisotopic (exact) mass is 388 g/mol. The Bertz CT molecular complexity index is 942. The second-order valence-electron chi connectivity index (χ2n) is 6.49. The molecule has 0 atom stereocenters. The van der Waals surface area contributed by atoms with Crippen LogP contribution >= 0.6 is 0 Å². The van der Waals surface area contributed by atoms with Crippen LogP contribution in [0.25, 0.3) is 11.6 Å². The van der Waals surface area contributed by atoms with E-state index in [-0.39, 0.29) is 5.57 Å². The van der Waals surface area contributed by atoms with Gasteiger partial charge in [0.1, 0.15) is 24.7 Å². The van der Waals surface area contributed by atoms with Crippen LogP contribution in [-0.4, -0.2) is 24.3 Å². The van der Waals surface area contributed by atoms with Crippen molar-refractivity contribution in [2.45, 2.75) is 13.3 Å². The van der Waals surface area contributed by atoms with E-state index < -0.39 is 5.97 Å². The number of aryl methyl sites for hydroxylation is 1. The van der Waals surface area contributed by atoms with Gasteiger partial charge in [0, 0.05) is 0 Å². The van der Waals surface area contributed by atoms with Gasteiger partial charge in [0.25, 0.3) is 0 Å². The van der Waals surface area contributed by atoms with Crippen molar-refractivity contribution >= 4 is 17.6 Å². The SMILES string of the molecule is CCc1ccc(OCCOc2ccc(/C=C(\C(=O)O)c3ccccc3)cc2)cc1. The number of carboxylic acids is 1. The van der Waals surface area contributed by atoms with Gasteiger partial charge in [-0.05, 0) is 53.5 Å². The van der Waals surface area contributed by atoms with E-state index in [1.54, 1.807) is 18.2 Å². The second kappa shape index (κ2) is 10.1. The Morgan fingerprint density at radius 3 is 1.90 bits per heavy atom. The van der Waals surface area contributed by atoms with Crippen LogP contribution in [0.4, 0.5) is 0 Å². The van der Waals surface area contributed by atoms with Crippen LogP contribution in [0.5, 0.6) is 11.5 Å². The van der Waals surface area contributed by atoms with Crippen LogP contribution in [0.2, 0.25) is 0 Å². The lowest BCUT2D eigenvalue weighted by molar-refractivity contribution is -0.130. The minimum Gasteiger partial charge on any atom is -0.490 e. The molecule has 0 bridgehead atoms. The summed E-state index contributed by atoms with van der Waals surface area (Å²) in [6.45, 7) is 2.99. The Balaban J connectivity index is 1.54. The van der Waals surface area contributed by atoms with E-state index in [1.165, 1.54) is 5.56 Å². The minimum atomic E-state index is -0.958. The molecule has 0 aliphatic heterocycles. The van der Waals surface area contributed by atoms with Crippen molar-refractivity contribution in [3.63, 3.8) is 0 Å². The molecule has 0 unspecified atom stereocenters. The third-order valence-electron chi connectivity index (χ3n) is 4.46. The molecule has 0 aliphatic rings. The van der Waals surface area contributed by atoms with E-state index in [0.29, 0.717) is 24.5 Å². The highest BCUT2D eigenvalue weighted by Gasteiger charge is 2.09. The molecule has 0 radical (unpaired) electrons. The highest BCUT2D eigenvalue weighted by Crippen LogP contribution is 2.20. The molecule has 148 valence electrons. The van der Waals surface area contributed by atoms with Crippen molar-refractivity contribution in [2.24, 2.45) is 0 Å². The predicted molar refractivity (Wildman–Crippen MR) is 115 cm³/mol. The summed E-state index contributed by atoms with van der Waals surface area (Å²) in [6.07, 6.45) is 2.67. The van der Waals surface area contributed by atoms with Crippen molar-refractivity contribution in [3.8, 4) is 11.5 Å². The molecular weight excluding hydrogens is 364 g/mol. The molecule has 0 aliphatic carbocycles. The minimum absolute atomic E-state index is 0.252. The van der Waals surface area contributed by atoms with Crippen molar-refractivity contribution < 1.29 is 19.4 Å². The van der Waals surface area contributed by atoms with Gasteiger partial charge >= 0.3 is 5.97 Å². The number of hydrogen-bond donors (Lipinski definition) is 1. The standard InChI is InChI=1S/C25H24O4/c1-2-19-8-12-22(13-9-19)28-16-17-29-23-14-10-20(11-15-23)18-24(25(26)27)21-6-4-3-5-7-21/h3-15,18H,2,16-17H2,1H3,(H,26,27)/b24-18-. The summed E-state index contributed by atoms with van der Waals surface area (Å²) in [5.41, 5.74) is 3.00. The third-order valence-corrected chi connectivity index (χ3v) is 4.46. The Morgan fingerprint density at radius 2 is 1.38 bits per heavy atom. The van der Waals surface area contributed by atoms with Crippen LogP contribution in [0.15, 0.2) is 78.9 Å². The lowest BCUT2D eigenvalue weighted by Crippen LogP contribution is -2.08. The Morgan fingerprint density at radius 1 is 0.828 bits per heavy atom. The molecule has 0 spiro atoms. The molecule has 3 aromatic carbocycles. The van der Waals surface area contributed by atoms with E-state index in [2.05, 4.69) is 19.1 Å². The molecule has 0 amide bonds. The fourth-order valence-corrected chi connectivity index (χ4v) is 2.85. The topological polar surface area (TPSA) is 55.8 Å². The molecule has 0 fully saturated rings. The van der Waals surface area contributed by atoms with Crippen LogP contribution in [0.3, 0.4) is 0 Å². The van der Waals surface area contributed by atoms with Crippen molar-refractivity contribution in [1.82, 2.24) is 0 Å². The Labute approximate surface area is 171 Å². The number of aliphatic carboxylic acids is 1. The van der Waals surface area contributed by atoms with Gasteiger partial charge in [0.2, 0.25) is 0 Å². The summed E-state index contributed by atoms with van der Waals surface area (Å²) in [7, 11) is 0. The summed E-state index contributed by atoms with van der Waals surface area (Å²) in [5, 5.41) is 9.50. The lowest BCUT2D eigenvalue weighted by atomic mass is 10.0. The van der Waals surface area contributed by atoms with Crippen molar-refractivity contribution in [3.05, 3.63) is 95.6 Å². The highest BCUT2D eigenvalue weighted by molar-refractivity contribution is 6.20. The molecule has 1 N–H and O–H groups in total. The molecule has 0 saturated heterocycles. The number of ether oxygens (including phenoxy) is 2. The molecule has 3 rings (SSSR count). The molecule has 4 nitrogen and oxygen atoms in total.